The lowest BCUT2D eigenvalue weighted by molar-refractivity contribution is 0.0949. The Bertz CT molecular complexity index is 901. The summed E-state index contributed by atoms with van der Waals surface area (Å²) in [6.45, 7) is 0.709. The van der Waals surface area contributed by atoms with Crippen molar-refractivity contribution < 1.29 is 22.0 Å². The van der Waals surface area contributed by atoms with Gasteiger partial charge in [0.1, 0.15) is 4.21 Å². The van der Waals surface area contributed by atoms with E-state index in [1.165, 1.54) is 21.7 Å². The molecule has 1 aromatic heterocycles. The molecule has 1 aromatic carbocycles. The number of thiophene rings is 1. The molecule has 1 saturated heterocycles. The molecular weight excluding hydrogens is 394 g/mol. The highest BCUT2D eigenvalue weighted by molar-refractivity contribution is 7.91. The number of sulfonamides is 1. The maximum Gasteiger partial charge on any atom is 0.252 e. The summed E-state index contributed by atoms with van der Waals surface area (Å²) in [5.74, 6) is -2.61. The lowest BCUT2D eigenvalue weighted by atomic mass is 10.0. The predicted molar refractivity (Wildman–Crippen MR) is 99.2 cm³/mol. The monoisotopic (exact) mass is 414 g/mol. The van der Waals surface area contributed by atoms with Gasteiger partial charge >= 0.3 is 0 Å². The van der Waals surface area contributed by atoms with Crippen LogP contribution in [0.1, 0.15) is 36.0 Å². The molecule has 5 nitrogen and oxygen atoms in total. The fourth-order valence-corrected chi connectivity index (χ4v) is 6.04. The first-order valence-corrected chi connectivity index (χ1v) is 11.0. The zero-order valence-corrected chi connectivity index (χ0v) is 16.2. The quantitative estimate of drug-likeness (QED) is 0.788. The first kappa shape index (κ1) is 19.9. The second-order valence-corrected chi connectivity index (χ2v) is 9.44. The molecule has 0 bridgehead atoms. The zero-order chi connectivity index (χ0) is 19.4. The van der Waals surface area contributed by atoms with Crippen LogP contribution in [0.15, 0.2) is 39.9 Å². The number of rotatable bonds is 6. The molecule has 1 unspecified atom stereocenters. The van der Waals surface area contributed by atoms with Gasteiger partial charge in [-0.25, -0.2) is 17.2 Å². The molecule has 3 rings (SSSR count). The molecule has 1 atom stereocenters. The van der Waals surface area contributed by atoms with E-state index in [2.05, 4.69) is 5.32 Å². The van der Waals surface area contributed by atoms with E-state index in [1.807, 2.05) is 0 Å². The van der Waals surface area contributed by atoms with Gasteiger partial charge in [-0.15, -0.1) is 11.3 Å². The van der Waals surface area contributed by atoms with E-state index >= 15 is 0 Å². The van der Waals surface area contributed by atoms with Crippen molar-refractivity contribution in [3.63, 3.8) is 0 Å². The van der Waals surface area contributed by atoms with Crippen molar-refractivity contribution in [2.24, 2.45) is 0 Å². The highest BCUT2D eigenvalue weighted by Crippen LogP contribution is 2.29. The van der Waals surface area contributed by atoms with Gasteiger partial charge in [0, 0.05) is 24.7 Å². The molecule has 27 heavy (non-hydrogen) atoms. The number of piperidine rings is 1. The Kier molecular flexibility index (Phi) is 6.23. The smallest absolute Gasteiger partial charge is 0.252 e. The summed E-state index contributed by atoms with van der Waals surface area (Å²) in [5.41, 5.74) is 0.0283. The molecule has 2 aromatic rings. The molecule has 0 spiro atoms. The van der Waals surface area contributed by atoms with Gasteiger partial charge in [-0.1, -0.05) is 12.5 Å². The first-order valence-electron chi connectivity index (χ1n) is 8.68. The number of hydrogen-bond donors (Lipinski definition) is 1. The molecule has 9 heteroatoms. The van der Waals surface area contributed by atoms with Crippen molar-refractivity contribution in [1.29, 1.82) is 0 Å². The molecule has 1 aliphatic rings. The highest BCUT2D eigenvalue weighted by Gasteiger charge is 2.33. The summed E-state index contributed by atoms with van der Waals surface area (Å²) < 4.78 is 53.7. The molecule has 1 fully saturated rings. The Labute approximate surface area is 161 Å². The van der Waals surface area contributed by atoms with Crippen LogP contribution in [0, 0.1) is 11.6 Å². The Balaban J connectivity index is 1.62. The number of nitrogens with zero attached hydrogens (tertiary/aromatic N) is 1. The first-order chi connectivity index (χ1) is 12.9. The van der Waals surface area contributed by atoms with Crippen LogP contribution in [0.25, 0.3) is 0 Å². The standard InChI is InChI=1S/C18H20F2N2O3S2/c19-15-7-6-13(12-16(15)20)18(23)21-9-8-14-4-1-2-10-22(14)27(24,25)17-5-3-11-26-17/h3,5-7,11-12,14H,1-2,4,8-10H2,(H,21,23). The summed E-state index contributed by atoms with van der Waals surface area (Å²) in [7, 11) is -3.53. The second kappa shape index (κ2) is 8.45. The molecular formula is C18H20F2N2O3S2. The summed E-state index contributed by atoms with van der Waals surface area (Å²) in [5, 5.41) is 4.38. The minimum atomic E-state index is -3.53. The maximum absolute atomic E-state index is 13.2. The summed E-state index contributed by atoms with van der Waals surface area (Å²) in [6, 6.07) is 6.06. The van der Waals surface area contributed by atoms with Gasteiger partial charge < -0.3 is 5.32 Å². The molecule has 1 N–H and O–H groups in total. The Hall–Kier alpha value is -1.84. The number of benzene rings is 1. The minimum Gasteiger partial charge on any atom is -0.352 e. The average Bonchev–Trinajstić information content (AvgIpc) is 3.20. The maximum atomic E-state index is 13.2. The van der Waals surface area contributed by atoms with E-state index in [9.17, 15) is 22.0 Å². The van der Waals surface area contributed by atoms with E-state index in [0.29, 0.717) is 17.2 Å². The van der Waals surface area contributed by atoms with Crippen LogP contribution in [0.5, 0.6) is 0 Å². The average molecular weight is 414 g/mol. The third kappa shape index (κ3) is 4.53. The Morgan fingerprint density at radius 3 is 2.74 bits per heavy atom. The largest absolute Gasteiger partial charge is 0.352 e. The van der Waals surface area contributed by atoms with Crippen molar-refractivity contribution in [3.05, 3.63) is 52.9 Å². The molecule has 0 aliphatic carbocycles. The lowest BCUT2D eigenvalue weighted by Crippen LogP contribution is -2.44. The van der Waals surface area contributed by atoms with Crippen molar-refractivity contribution in [3.8, 4) is 0 Å². The Morgan fingerprint density at radius 2 is 2.04 bits per heavy atom. The third-order valence-electron chi connectivity index (χ3n) is 4.58. The topological polar surface area (TPSA) is 66.5 Å². The zero-order valence-electron chi connectivity index (χ0n) is 14.5. The van der Waals surface area contributed by atoms with Gasteiger partial charge in [0.25, 0.3) is 15.9 Å². The van der Waals surface area contributed by atoms with E-state index in [0.717, 1.165) is 31.4 Å². The minimum absolute atomic E-state index is 0.0283. The van der Waals surface area contributed by atoms with Crippen LogP contribution in [-0.4, -0.2) is 37.8 Å². The SMILES string of the molecule is O=C(NCCC1CCCCN1S(=O)(=O)c1cccs1)c1ccc(F)c(F)c1. The van der Waals surface area contributed by atoms with E-state index in [-0.39, 0.29) is 18.2 Å². The van der Waals surface area contributed by atoms with Gasteiger partial charge in [-0.3, -0.25) is 4.79 Å². The molecule has 1 aliphatic heterocycles. The van der Waals surface area contributed by atoms with Crippen molar-refractivity contribution in [2.45, 2.75) is 35.9 Å². The number of carbonyl (C=O) groups is 1. The fourth-order valence-electron chi connectivity index (χ4n) is 3.20. The van der Waals surface area contributed by atoms with Crippen LogP contribution in [0.3, 0.4) is 0 Å². The summed E-state index contributed by atoms with van der Waals surface area (Å²) >= 11 is 1.19. The van der Waals surface area contributed by atoms with Crippen molar-refractivity contribution in [2.75, 3.05) is 13.1 Å². The van der Waals surface area contributed by atoms with Crippen LogP contribution in [-0.2, 0) is 10.0 Å². The summed E-state index contributed by atoms with van der Waals surface area (Å²) in [4.78, 5) is 12.1. The van der Waals surface area contributed by atoms with E-state index < -0.39 is 27.6 Å². The molecule has 1 amide bonds. The van der Waals surface area contributed by atoms with Crippen LogP contribution in [0.4, 0.5) is 8.78 Å². The normalized spacial score (nSPS) is 18.4. The third-order valence-corrected chi connectivity index (χ3v) is 7.90. The van der Waals surface area contributed by atoms with E-state index in [4.69, 9.17) is 0 Å². The van der Waals surface area contributed by atoms with Crippen LogP contribution in [0.2, 0.25) is 0 Å². The van der Waals surface area contributed by atoms with Crippen LogP contribution < -0.4 is 5.32 Å². The fraction of sp³-hybridized carbons (Fsp3) is 0.389. The van der Waals surface area contributed by atoms with Gasteiger partial charge in [0.05, 0.1) is 0 Å². The van der Waals surface area contributed by atoms with Crippen molar-refractivity contribution >= 4 is 27.3 Å². The number of hydrogen-bond acceptors (Lipinski definition) is 4. The summed E-state index contributed by atoms with van der Waals surface area (Å²) in [6.07, 6.45) is 2.92. The predicted octanol–water partition coefficient (Wildman–Crippen LogP) is 3.39. The number of nitrogens with one attached hydrogen (secondary N) is 1. The molecule has 146 valence electrons. The van der Waals surface area contributed by atoms with Gasteiger partial charge in [0.2, 0.25) is 0 Å². The van der Waals surface area contributed by atoms with Gasteiger partial charge in [0.15, 0.2) is 11.6 Å². The van der Waals surface area contributed by atoms with Gasteiger partial charge in [-0.05, 0) is 48.9 Å². The molecule has 0 saturated carbocycles. The van der Waals surface area contributed by atoms with Crippen LogP contribution >= 0.6 is 11.3 Å². The molecule has 2 heterocycles. The molecule has 0 radical (unpaired) electrons. The second-order valence-electron chi connectivity index (χ2n) is 6.37. The number of amides is 1. The van der Waals surface area contributed by atoms with Gasteiger partial charge in [-0.2, -0.15) is 4.31 Å². The number of carbonyl (C=O) groups excluding carboxylic acids is 1. The number of halogens is 2. The highest BCUT2D eigenvalue weighted by atomic mass is 32.2. The van der Waals surface area contributed by atoms with Crippen molar-refractivity contribution in [1.82, 2.24) is 9.62 Å². The van der Waals surface area contributed by atoms with E-state index in [1.54, 1.807) is 17.5 Å². The lowest BCUT2D eigenvalue weighted by Gasteiger charge is -2.34. The Morgan fingerprint density at radius 1 is 1.22 bits per heavy atom.